The van der Waals surface area contributed by atoms with E-state index in [4.69, 9.17) is 9.47 Å². The smallest absolute Gasteiger partial charge is 0.331 e. The third kappa shape index (κ3) is 3.16. The molecule has 0 bridgehead atoms. The van der Waals surface area contributed by atoms with Gasteiger partial charge in [-0.1, -0.05) is 0 Å². The number of ether oxygens (including phenoxy) is 2. The number of rotatable bonds is 4. The Balaban J connectivity index is 1.82. The van der Waals surface area contributed by atoms with E-state index in [9.17, 15) is 4.79 Å². The van der Waals surface area contributed by atoms with E-state index in [0.29, 0.717) is 5.92 Å². The summed E-state index contributed by atoms with van der Waals surface area (Å²) in [6, 6.07) is 0. The van der Waals surface area contributed by atoms with Crippen molar-refractivity contribution < 1.29 is 14.3 Å². The Labute approximate surface area is 136 Å². The zero-order valence-electron chi connectivity index (χ0n) is 11.9. The average Bonchev–Trinajstić information content (AvgIpc) is 3.12. The molecule has 1 aromatic heterocycles. The molecule has 21 heavy (non-hydrogen) atoms. The number of thiazole rings is 1. The lowest BCUT2D eigenvalue weighted by atomic mass is 9.73. The molecule has 2 fully saturated rings. The number of aromatic nitrogens is 1. The quantitative estimate of drug-likeness (QED) is 0.819. The first-order chi connectivity index (χ1) is 10.1. The summed E-state index contributed by atoms with van der Waals surface area (Å²) >= 11 is 5.01. The van der Waals surface area contributed by atoms with E-state index in [2.05, 4.69) is 26.2 Å². The second-order valence-corrected chi connectivity index (χ2v) is 7.43. The molecule has 1 aliphatic heterocycles. The SMILES string of the molecule is COC(=O)COC1(c2nc(Br)cs2)CCC2CNCC2C1. The minimum absolute atomic E-state index is 0.0154. The zero-order valence-corrected chi connectivity index (χ0v) is 14.3. The molecule has 116 valence electrons. The van der Waals surface area contributed by atoms with E-state index in [1.165, 1.54) is 7.11 Å². The van der Waals surface area contributed by atoms with Crippen molar-refractivity contribution in [1.82, 2.24) is 10.3 Å². The number of halogens is 1. The van der Waals surface area contributed by atoms with Crippen molar-refractivity contribution in [3.8, 4) is 0 Å². The van der Waals surface area contributed by atoms with Crippen molar-refractivity contribution in [2.24, 2.45) is 11.8 Å². The zero-order chi connectivity index (χ0) is 14.9. The largest absolute Gasteiger partial charge is 0.467 e. The monoisotopic (exact) mass is 374 g/mol. The van der Waals surface area contributed by atoms with Gasteiger partial charge in [0.25, 0.3) is 0 Å². The van der Waals surface area contributed by atoms with Gasteiger partial charge in [0.2, 0.25) is 0 Å². The van der Waals surface area contributed by atoms with Gasteiger partial charge in [0.15, 0.2) is 0 Å². The number of carbonyl (C=O) groups is 1. The minimum atomic E-state index is -0.446. The minimum Gasteiger partial charge on any atom is -0.467 e. The fraction of sp³-hybridized carbons (Fsp3) is 0.714. The third-order valence-electron chi connectivity index (χ3n) is 4.55. The first kappa shape index (κ1) is 15.4. The number of fused-ring (bicyclic) bond motifs is 1. The van der Waals surface area contributed by atoms with Crippen molar-refractivity contribution in [2.45, 2.75) is 24.9 Å². The van der Waals surface area contributed by atoms with Crippen LogP contribution in [0.5, 0.6) is 0 Å². The van der Waals surface area contributed by atoms with Gasteiger partial charge >= 0.3 is 5.97 Å². The van der Waals surface area contributed by atoms with Crippen LogP contribution in [0, 0.1) is 11.8 Å². The maximum absolute atomic E-state index is 11.5. The number of carbonyl (C=O) groups excluding carboxylic acids is 1. The van der Waals surface area contributed by atoms with Gasteiger partial charge in [-0.15, -0.1) is 11.3 Å². The van der Waals surface area contributed by atoms with Gasteiger partial charge in [0.1, 0.15) is 21.8 Å². The number of methoxy groups -OCH3 is 1. The summed E-state index contributed by atoms with van der Waals surface area (Å²) < 4.78 is 11.6. The summed E-state index contributed by atoms with van der Waals surface area (Å²) in [6.07, 6.45) is 2.93. The highest BCUT2D eigenvalue weighted by molar-refractivity contribution is 9.10. The topological polar surface area (TPSA) is 60.5 Å². The second-order valence-electron chi connectivity index (χ2n) is 5.76. The maximum atomic E-state index is 11.5. The van der Waals surface area contributed by atoms with E-state index in [1.54, 1.807) is 11.3 Å². The fourth-order valence-electron chi connectivity index (χ4n) is 3.41. The molecule has 1 aromatic rings. The highest BCUT2D eigenvalue weighted by atomic mass is 79.9. The molecule has 2 heterocycles. The van der Waals surface area contributed by atoms with Crippen LogP contribution in [-0.4, -0.2) is 37.8 Å². The first-order valence-electron chi connectivity index (χ1n) is 7.16. The molecule has 1 saturated heterocycles. The standard InChI is InChI=1S/C14H19BrN2O3S/c1-19-12(18)7-20-14(13-17-11(15)8-21-13)3-2-9-5-16-6-10(9)4-14/h8-10,16H,2-7H2,1H3. The van der Waals surface area contributed by atoms with E-state index in [-0.39, 0.29) is 12.6 Å². The Morgan fingerprint density at radius 2 is 2.38 bits per heavy atom. The normalized spacial score (nSPS) is 31.9. The van der Waals surface area contributed by atoms with Gasteiger partial charge in [-0.3, -0.25) is 0 Å². The van der Waals surface area contributed by atoms with Crippen LogP contribution in [0.15, 0.2) is 9.98 Å². The van der Waals surface area contributed by atoms with E-state index in [1.807, 2.05) is 5.38 Å². The molecule has 5 nitrogen and oxygen atoms in total. The second kappa shape index (κ2) is 6.32. The maximum Gasteiger partial charge on any atom is 0.331 e. The number of hydrogen-bond donors (Lipinski definition) is 1. The molecule has 3 unspecified atom stereocenters. The Kier molecular flexibility index (Phi) is 4.63. The number of esters is 1. The molecule has 0 amide bonds. The van der Waals surface area contributed by atoms with Crippen LogP contribution in [0.25, 0.3) is 0 Å². The van der Waals surface area contributed by atoms with Crippen molar-refractivity contribution in [1.29, 1.82) is 0 Å². The molecule has 7 heteroatoms. The number of nitrogens with one attached hydrogen (secondary N) is 1. The molecule has 0 spiro atoms. The van der Waals surface area contributed by atoms with Crippen LogP contribution in [0.4, 0.5) is 0 Å². The van der Waals surface area contributed by atoms with Gasteiger partial charge in [0, 0.05) is 5.38 Å². The summed E-state index contributed by atoms with van der Waals surface area (Å²) in [5.74, 6) is 0.985. The highest BCUT2D eigenvalue weighted by Gasteiger charge is 2.46. The van der Waals surface area contributed by atoms with Crippen LogP contribution >= 0.6 is 27.3 Å². The van der Waals surface area contributed by atoms with E-state index < -0.39 is 5.60 Å². The molecule has 1 aliphatic carbocycles. The lowest BCUT2D eigenvalue weighted by Gasteiger charge is -2.40. The van der Waals surface area contributed by atoms with Crippen molar-refractivity contribution >= 4 is 33.2 Å². The third-order valence-corrected chi connectivity index (χ3v) is 6.29. The summed E-state index contributed by atoms with van der Waals surface area (Å²) in [5, 5.41) is 6.39. The lowest BCUT2D eigenvalue weighted by Crippen LogP contribution is -2.40. The van der Waals surface area contributed by atoms with Gasteiger partial charge in [-0.25, -0.2) is 9.78 Å². The van der Waals surface area contributed by atoms with E-state index >= 15 is 0 Å². The van der Waals surface area contributed by atoms with Crippen LogP contribution in [0.3, 0.4) is 0 Å². The van der Waals surface area contributed by atoms with Crippen molar-refractivity contribution in [2.75, 3.05) is 26.8 Å². The molecule has 1 saturated carbocycles. The summed E-state index contributed by atoms with van der Waals surface area (Å²) in [7, 11) is 1.39. The van der Waals surface area contributed by atoms with Crippen LogP contribution < -0.4 is 5.32 Å². The molecular formula is C14H19BrN2O3S. The predicted molar refractivity (Wildman–Crippen MR) is 83.2 cm³/mol. The van der Waals surface area contributed by atoms with Gasteiger partial charge in [-0.2, -0.15) is 0 Å². The van der Waals surface area contributed by atoms with E-state index in [0.717, 1.165) is 47.9 Å². The van der Waals surface area contributed by atoms with Crippen LogP contribution in [-0.2, 0) is 19.9 Å². The lowest BCUT2D eigenvalue weighted by molar-refractivity contribution is -0.159. The summed E-state index contributed by atoms with van der Waals surface area (Å²) in [4.78, 5) is 16.0. The summed E-state index contributed by atoms with van der Waals surface area (Å²) in [6.45, 7) is 2.11. The fourth-order valence-corrected chi connectivity index (χ4v) is 4.86. The van der Waals surface area contributed by atoms with Gasteiger partial charge in [0.05, 0.1) is 7.11 Å². The predicted octanol–water partition coefficient (Wildman–Crippen LogP) is 2.31. The van der Waals surface area contributed by atoms with Gasteiger partial charge < -0.3 is 14.8 Å². The molecule has 0 aromatic carbocycles. The Morgan fingerprint density at radius 3 is 3.10 bits per heavy atom. The van der Waals surface area contributed by atoms with Crippen LogP contribution in [0.1, 0.15) is 24.3 Å². The van der Waals surface area contributed by atoms with Crippen molar-refractivity contribution in [3.05, 3.63) is 15.0 Å². The van der Waals surface area contributed by atoms with Gasteiger partial charge in [-0.05, 0) is 60.1 Å². The van der Waals surface area contributed by atoms with Crippen LogP contribution in [0.2, 0.25) is 0 Å². The molecule has 3 rings (SSSR count). The molecule has 1 N–H and O–H groups in total. The highest BCUT2D eigenvalue weighted by Crippen LogP contribution is 2.47. The molecule has 3 atom stereocenters. The number of nitrogens with zero attached hydrogens (tertiary/aromatic N) is 1. The first-order valence-corrected chi connectivity index (χ1v) is 8.83. The number of hydrogen-bond acceptors (Lipinski definition) is 6. The Morgan fingerprint density at radius 1 is 1.57 bits per heavy atom. The Bertz CT molecular complexity index is 524. The van der Waals surface area contributed by atoms with Crippen molar-refractivity contribution in [3.63, 3.8) is 0 Å². The average molecular weight is 375 g/mol. The molecule has 0 radical (unpaired) electrons. The summed E-state index contributed by atoms with van der Waals surface area (Å²) in [5.41, 5.74) is -0.446. The molecular weight excluding hydrogens is 356 g/mol. The molecule has 2 aliphatic rings. The Hall–Kier alpha value is -0.500.